The number of anilines is 2. The van der Waals surface area contributed by atoms with Gasteiger partial charge in [-0.2, -0.15) is 13.2 Å². The van der Waals surface area contributed by atoms with Gasteiger partial charge in [0.2, 0.25) is 5.95 Å². The second-order valence-corrected chi connectivity index (χ2v) is 7.20. The molecule has 1 aliphatic rings. The summed E-state index contributed by atoms with van der Waals surface area (Å²) in [6.07, 6.45) is -0.382. The van der Waals surface area contributed by atoms with Gasteiger partial charge in [0.15, 0.2) is 6.61 Å². The van der Waals surface area contributed by atoms with Crippen LogP contribution in [0.2, 0.25) is 0 Å². The molecule has 1 fully saturated rings. The van der Waals surface area contributed by atoms with Gasteiger partial charge in [0.05, 0.1) is 17.3 Å². The number of amides is 1. The number of halogens is 3. The van der Waals surface area contributed by atoms with Gasteiger partial charge in [-0.15, -0.1) is 0 Å². The van der Waals surface area contributed by atoms with Gasteiger partial charge < -0.3 is 15.0 Å². The highest BCUT2D eigenvalue weighted by atomic mass is 19.4. The van der Waals surface area contributed by atoms with Crippen LogP contribution in [0, 0.1) is 0 Å². The molecule has 1 saturated heterocycles. The minimum absolute atomic E-state index is 0.0207. The number of alkyl halides is 3. The summed E-state index contributed by atoms with van der Waals surface area (Å²) < 4.78 is 44.4. The van der Waals surface area contributed by atoms with Crippen LogP contribution < -0.4 is 10.1 Å². The van der Waals surface area contributed by atoms with Crippen molar-refractivity contribution in [1.29, 1.82) is 0 Å². The van der Waals surface area contributed by atoms with E-state index in [9.17, 15) is 18.0 Å². The third kappa shape index (κ3) is 5.13. The maximum absolute atomic E-state index is 12.9. The molecule has 0 spiro atoms. The fraction of sp³-hybridized carbons (Fsp3) is 0.273. The van der Waals surface area contributed by atoms with Gasteiger partial charge in [-0.05, 0) is 43.2 Å². The van der Waals surface area contributed by atoms with Crippen LogP contribution in [-0.4, -0.2) is 38.9 Å². The van der Waals surface area contributed by atoms with Crippen LogP contribution in [0.4, 0.5) is 24.9 Å². The number of nitrogens with zero attached hydrogens (tertiary/aromatic N) is 4. The Bertz CT molecular complexity index is 1080. The van der Waals surface area contributed by atoms with E-state index in [0.29, 0.717) is 18.0 Å². The number of hydrogen-bond acceptors (Lipinski definition) is 6. The molecule has 2 aromatic heterocycles. The molecule has 1 aliphatic heterocycles. The normalized spacial score (nSPS) is 16.1. The third-order valence-corrected chi connectivity index (χ3v) is 5.02. The summed E-state index contributed by atoms with van der Waals surface area (Å²) in [5.74, 6) is 0.532. The van der Waals surface area contributed by atoms with E-state index in [4.69, 9.17) is 4.74 Å². The molecule has 0 bridgehead atoms. The van der Waals surface area contributed by atoms with Crippen LogP contribution in [0.15, 0.2) is 60.9 Å². The van der Waals surface area contributed by atoms with Crippen LogP contribution in [0.3, 0.4) is 0 Å². The highest BCUT2D eigenvalue weighted by Gasteiger charge is 2.32. The topological polar surface area (TPSA) is 80.2 Å². The molecular formula is C22H20F3N5O2. The first-order valence-corrected chi connectivity index (χ1v) is 10.0. The van der Waals surface area contributed by atoms with E-state index >= 15 is 0 Å². The van der Waals surface area contributed by atoms with Crippen molar-refractivity contribution in [3.63, 3.8) is 0 Å². The van der Waals surface area contributed by atoms with Crippen LogP contribution >= 0.6 is 0 Å². The van der Waals surface area contributed by atoms with Crippen LogP contribution in [0.5, 0.6) is 5.75 Å². The average Bonchev–Trinajstić information content (AvgIpc) is 3.28. The summed E-state index contributed by atoms with van der Waals surface area (Å²) in [6.45, 7) is 0.481. The molecule has 3 heterocycles. The second-order valence-electron chi connectivity index (χ2n) is 7.20. The lowest BCUT2D eigenvalue weighted by Crippen LogP contribution is -2.34. The molecule has 0 saturated carbocycles. The first-order chi connectivity index (χ1) is 15.4. The monoisotopic (exact) mass is 443 g/mol. The number of para-hydroxylation sites is 1. The van der Waals surface area contributed by atoms with Gasteiger partial charge in [-0.25, -0.2) is 15.0 Å². The lowest BCUT2D eigenvalue weighted by atomic mass is 10.1. The number of nitrogens with one attached hydrogen (secondary N) is 1. The number of carbonyl (C=O) groups excluding carboxylic acids is 1. The fourth-order valence-corrected chi connectivity index (χ4v) is 3.53. The SMILES string of the molecule is O=C(COc1ccccc1)N1CCC[C@@H]1c1ccnc(Nc2cc(C(F)(F)F)ccn2)n1. The molecule has 166 valence electrons. The number of ether oxygens (including phenoxy) is 1. The standard InChI is InChI=1S/C22H20F3N5O2/c23-22(24,25)15-8-10-26-19(13-15)29-21-27-11-9-17(28-21)18-7-4-12-30(18)20(31)14-32-16-5-2-1-3-6-16/h1-3,5-6,8-11,13,18H,4,7,12,14H2,(H,26,27,28,29)/t18-/m1/s1. The summed E-state index contributed by atoms with van der Waals surface area (Å²) in [6, 6.07) is 12.3. The molecule has 3 aromatic rings. The Morgan fingerprint density at radius 2 is 1.91 bits per heavy atom. The molecule has 0 radical (unpaired) electrons. The van der Waals surface area contributed by atoms with Crippen LogP contribution in [0.1, 0.15) is 30.1 Å². The number of aromatic nitrogens is 3. The molecule has 32 heavy (non-hydrogen) atoms. The third-order valence-electron chi connectivity index (χ3n) is 5.02. The van der Waals surface area contributed by atoms with Gasteiger partial charge in [-0.1, -0.05) is 18.2 Å². The zero-order valence-electron chi connectivity index (χ0n) is 16.9. The number of pyridine rings is 1. The van der Waals surface area contributed by atoms with Gasteiger partial charge in [0, 0.05) is 18.9 Å². The predicted molar refractivity (Wildman–Crippen MR) is 110 cm³/mol. The smallest absolute Gasteiger partial charge is 0.416 e. The Hall–Kier alpha value is -3.69. The Balaban J connectivity index is 1.45. The molecule has 1 aromatic carbocycles. The van der Waals surface area contributed by atoms with E-state index in [1.165, 1.54) is 6.20 Å². The quantitative estimate of drug-likeness (QED) is 0.609. The molecule has 1 atom stereocenters. The Labute approximate surface area is 182 Å². The Morgan fingerprint density at radius 1 is 1.12 bits per heavy atom. The van der Waals surface area contributed by atoms with Gasteiger partial charge in [0.1, 0.15) is 11.6 Å². The molecule has 10 heteroatoms. The molecule has 1 amide bonds. The first-order valence-electron chi connectivity index (χ1n) is 10.0. The molecule has 4 rings (SSSR count). The zero-order chi connectivity index (χ0) is 22.6. The molecule has 1 N–H and O–H groups in total. The van der Waals surface area contributed by atoms with E-state index in [-0.39, 0.29) is 30.3 Å². The van der Waals surface area contributed by atoms with Gasteiger partial charge in [0.25, 0.3) is 5.91 Å². The lowest BCUT2D eigenvalue weighted by Gasteiger charge is -2.24. The van der Waals surface area contributed by atoms with Crippen molar-refractivity contribution in [1.82, 2.24) is 19.9 Å². The summed E-state index contributed by atoms with van der Waals surface area (Å²) in [4.78, 5) is 26.8. The number of carbonyl (C=O) groups is 1. The van der Waals surface area contributed by atoms with Crippen molar-refractivity contribution in [3.8, 4) is 5.75 Å². The summed E-state index contributed by atoms with van der Waals surface area (Å²) in [5.41, 5.74) is -0.225. The first kappa shape index (κ1) is 21.5. The van der Waals surface area contributed by atoms with E-state index in [1.54, 1.807) is 23.1 Å². The molecule has 7 nitrogen and oxygen atoms in total. The van der Waals surface area contributed by atoms with Crippen LogP contribution in [0.25, 0.3) is 0 Å². The predicted octanol–water partition coefficient (Wildman–Crippen LogP) is 4.38. The molecule has 0 aliphatic carbocycles. The lowest BCUT2D eigenvalue weighted by molar-refractivity contribution is -0.137. The molecular weight excluding hydrogens is 423 g/mol. The fourth-order valence-electron chi connectivity index (χ4n) is 3.53. The second kappa shape index (κ2) is 9.21. The van der Waals surface area contributed by atoms with Crippen molar-refractivity contribution < 1.29 is 22.7 Å². The number of likely N-dealkylation sites (tertiary alicyclic amines) is 1. The van der Waals surface area contributed by atoms with Crippen LogP contribution in [-0.2, 0) is 11.0 Å². The largest absolute Gasteiger partial charge is 0.484 e. The van der Waals surface area contributed by atoms with E-state index in [1.807, 2.05) is 18.2 Å². The van der Waals surface area contributed by atoms with E-state index in [2.05, 4.69) is 20.3 Å². The minimum atomic E-state index is -4.48. The van der Waals surface area contributed by atoms with Crippen molar-refractivity contribution in [2.45, 2.75) is 25.1 Å². The summed E-state index contributed by atoms with van der Waals surface area (Å²) in [7, 11) is 0. The van der Waals surface area contributed by atoms with Crippen molar-refractivity contribution >= 4 is 17.7 Å². The Kier molecular flexibility index (Phi) is 6.20. The highest BCUT2D eigenvalue weighted by Crippen LogP contribution is 2.32. The zero-order valence-corrected chi connectivity index (χ0v) is 16.9. The van der Waals surface area contributed by atoms with Gasteiger partial charge >= 0.3 is 6.18 Å². The van der Waals surface area contributed by atoms with Crippen molar-refractivity contribution in [2.75, 3.05) is 18.5 Å². The Morgan fingerprint density at radius 3 is 2.69 bits per heavy atom. The van der Waals surface area contributed by atoms with E-state index in [0.717, 1.165) is 31.2 Å². The minimum Gasteiger partial charge on any atom is -0.484 e. The van der Waals surface area contributed by atoms with Gasteiger partial charge in [-0.3, -0.25) is 4.79 Å². The van der Waals surface area contributed by atoms with E-state index < -0.39 is 11.7 Å². The summed E-state index contributed by atoms with van der Waals surface area (Å²) in [5, 5.41) is 2.71. The maximum atomic E-state index is 12.9. The van der Waals surface area contributed by atoms with Crippen molar-refractivity contribution in [2.24, 2.45) is 0 Å². The van der Waals surface area contributed by atoms with Crippen molar-refractivity contribution in [3.05, 3.63) is 72.2 Å². The number of hydrogen-bond donors (Lipinski definition) is 1. The highest BCUT2D eigenvalue weighted by molar-refractivity contribution is 5.78. The average molecular weight is 443 g/mol. The molecule has 0 unspecified atom stereocenters. The maximum Gasteiger partial charge on any atom is 0.416 e. The number of benzene rings is 1. The number of rotatable bonds is 6. The summed E-state index contributed by atoms with van der Waals surface area (Å²) >= 11 is 0.